The predicted octanol–water partition coefficient (Wildman–Crippen LogP) is 1.26. The Morgan fingerprint density at radius 2 is 2.05 bits per heavy atom. The first-order valence-electron chi connectivity index (χ1n) is 6.94. The van der Waals surface area contributed by atoms with Crippen LogP contribution in [0.15, 0.2) is 29.2 Å². The predicted molar refractivity (Wildman–Crippen MR) is 78.5 cm³/mol. The van der Waals surface area contributed by atoms with E-state index in [9.17, 15) is 18.5 Å². The molecule has 0 spiro atoms. The first kappa shape index (κ1) is 15.9. The molecule has 2 N–H and O–H groups in total. The molecule has 0 radical (unpaired) electrons. The molecule has 1 unspecified atom stereocenters. The molecule has 2 rings (SSSR count). The normalized spacial score (nSPS) is 19.3. The van der Waals surface area contributed by atoms with E-state index in [1.165, 1.54) is 24.3 Å². The first-order chi connectivity index (χ1) is 9.99. The van der Waals surface area contributed by atoms with Gasteiger partial charge in [-0.15, -0.1) is 0 Å². The molecular formula is C13H19N3O4S. The van der Waals surface area contributed by atoms with Gasteiger partial charge in [0.15, 0.2) is 0 Å². The average molecular weight is 313 g/mol. The number of nitro groups is 1. The number of sulfonamides is 1. The minimum absolute atomic E-state index is 0.0508. The summed E-state index contributed by atoms with van der Waals surface area (Å²) >= 11 is 0. The van der Waals surface area contributed by atoms with Crippen LogP contribution in [0.2, 0.25) is 0 Å². The van der Waals surface area contributed by atoms with Crippen molar-refractivity contribution in [3.8, 4) is 0 Å². The van der Waals surface area contributed by atoms with Gasteiger partial charge in [0.2, 0.25) is 10.0 Å². The van der Waals surface area contributed by atoms with Gasteiger partial charge < -0.3 is 5.32 Å². The minimum atomic E-state index is -3.60. The highest BCUT2D eigenvalue weighted by atomic mass is 32.2. The number of nitrogens with zero attached hydrogens (tertiary/aromatic N) is 1. The fourth-order valence-electron chi connectivity index (χ4n) is 2.40. The van der Waals surface area contributed by atoms with E-state index >= 15 is 0 Å². The molecular weight excluding hydrogens is 294 g/mol. The molecule has 7 nitrogen and oxygen atoms in total. The Kier molecular flexibility index (Phi) is 5.27. The molecule has 0 aromatic heterocycles. The molecule has 0 amide bonds. The van der Waals surface area contributed by atoms with Crippen LogP contribution in [0.3, 0.4) is 0 Å². The Morgan fingerprint density at radius 3 is 2.62 bits per heavy atom. The van der Waals surface area contributed by atoms with E-state index in [0.717, 1.165) is 32.4 Å². The molecule has 1 atom stereocenters. The van der Waals surface area contributed by atoms with Crippen LogP contribution in [0.25, 0.3) is 0 Å². The molecule has 1 saturated heterocycles. The molecule has 1 aliphatic heterocycles. The second-order valence-electron chi connectivity index (χ2n) is 5.15. The van der Waals surface area contributed by atoms with Crippen molar-refractivity contribution in [2.24, 2.45) is 5.92 Å². The lowest BCUT2D eigenvalue weighted by molar-refractivity contribution is -0.384. The number of hydrogen-bond acceptors (Lipinski definition) is 5. The molecule has 8 heteroatoms. The van der Waals surface area contributed by atoms with Crippen LogP contribution < -0.4 is 10.0 Å². The molecule has 1 aromatic rings. The second-order valence-corrected chi connectivity index (χ2v) is 6.92. The molecule has 116 valence electrons. The van der Waals surface area contributed by atoms with Gasteiger partial charge >= 0.3 is 0 Å². The van der Waals surface area contributed by atoms with Gasteiger partial charge in [0.25, 0.3) is 5.69 Å². The van der Waals surface area contributed by atoms with E-state index in [4.69, 9.17) is 0 Å². The van der Waals surface area contributed by atoms with Crippen LogP contribution in [0, 0.1) is 16.0 Å². The van der Waals surface area contributed by atoms with Crippen LogP contribution in [-0.4, -0.2) is 33.0 Å². The van der Waals surface area contributed by atoms with Crippen molar-refractivity contribution in [1.82, 2.24) is 10.0 Å². The average Bonchev–Trinajstić information content (AvgIpc) is 2.48. The molecule has 0 bridgehead atoms. The number of nitro benzene ring substituents is 1. The maximum atomic E-state index is 12.1. The van der Waals surface area contributed by atoms with Crippen LogP contribution in [-0.2, 0) is 10.0 Å². The van der Waals surface area contributed by atoms with E-state index in [1.807, 2.05) is 0 Å². The lowest BCUT2D eigenvalue weighted by Gasteiger charge is -2.22. The summed E-state index contributed by atoms with van der Waals surface area (Å²) in [5, 5.41) is 13.8. The molecule has 0 aliphatic carbocycles. The number of hydrogen-bond donors (Lipinski definition) is 2. The van der Waals surface area contributed by atoms with Gasteiger partial charge in [-0.05, 0) is 50.4 Å². The third-order valence-electron chi connectivity index (χ3n) is 3.60. The van der Waals surface area contributed by atoms with Crippen molar-refractivity contribution in [2.75, 3.05) is 19.6 Å². The van der Waals surface area contributed by atoms with Crippen molar-refractivity contribution in [1.29, 1.82) is 0 Å². The smallest absolute Gasteiger partial charge is 0.269 e. The Morgan fingerprint density at radius 1 is 1.33 bits per heavy atom. The van der Waals surface area contributed by atoms with Crippen LogP contribution >= 0.6 is 0 Å². The Bertz CT molecular complexity index is 580. The molecule has 0 saturated carbocycles. The number of rotatable bonds is 6. The van der Waals surface area contributed by atoms with Crippen molar-refractivity contribution in [3.05, 3.63) is 34.4 Å². The molecule has 1 heterocycles. The molecule has 1 aromatic carbocycles. The van der Waals surface area contributed by atoms with E-state index in [2.05, 4.69) is 10.0 Å². The van der Waals surface area contributed by atoms with Gasteiger partial charge in [-0.1, -0.05) is 0 Å². The summed E-state index contributed by atoms with van der Waals surface area (Å²) in [6.45, 7) is 2.34. The van der Waals surface area contributed by atoms with Crippen LogP contribution in [0.4, 0.5) is 5.69 Å². The second kappa shape index (κ2) is 6.97. The van der Waals surface area contributed by atoms with Gasteiger partial charge in [-0.2, -0.15) is 0 Å². The van der Waals surface area contributed by atoms with Crippen molar-refractivity contribution in [2.45, 2.75) is 24.2 Å². The molecule has 21 heavy (non-hydrogen) atoms. The monoisotopic (exact) mass is 313 g/mol. The topological polar surface area (TPSA) is 101 Å². The third-order valence-corrected chi connectivity index (χ3v) is 5.08. The summed E-state index contributed by atoms with van der Waals surface area (Å²) in [4.78, 5) is 10.0. The van der Waals surface area contributed by atoms with Crippen molar-refractivity contribution < 1.29 is 13.3 Å². The van der Waals surface area contributed by atoms with Gasteiger partial charge in [0, 0.05) is 18.7 Å². The molecule has 1 aliphatic rings. The summed E-state index contributed by atoms with van der Waals surface area (Å²) in [5.41, 5.74) is -0.123. The van der Waals surface area contributed by atoms with E-state index in [1.54, 1.807) is 0 Å². The lowest BCUT2D eigenvalue weighted by atomic mass is 9.96. The summed E-state index contributed by atoms with van der Waals surface area (Å²) in [6, 6.07) is 4.89. The number of benzene rings is 1. The summed E-state index contributed by atoms with van der Waals surface area (Å²) < 4.78 is 26.7. The number of nitrogens with one attached hydrogen (secondary N) is 2. The number of piperidine rings is 1. The van der Waals surface area contributed by atoms with Crippen molar-refractivity contribution >= 4 is 15.7 Å². The third kappa shape index (κ3) is 4.48. The van der Waals surface area contributed by atoms with Gasteiger partial charge in [0.1, 0.15) is 0 Å². The van der Waals surface area contributed by atoms with Crippen LogP contribution in [0.1, 0.15) is 19.3 Å². The van der Waals surface area contributed by atoms with E-state index in [-0.39, 0.29) is 10.6 Å². The zero-order valence-electron chi connectivity index (χ0n) is 11.6. The highest BCUT2D eigenvalue weighted by molar-refractivity contribution is 7.89. The largest absolute Gasteiger partial charge is 0.316 e. The zero-order chi connectivity index (χ0) is 15.3. The molecule has 1 fully saturated rings. The summed E-state index contributed by atoms with van der Waals surface area (Å²) in [5.74, 6) is 0.498. The maximum Gasteiger partial charge on any atom is 0.269 e. The fourth-order valence-corrected chi connectivity index (χ4v) is 3.45. The quantitative estimate of drug-likeness (QED) is 0.608. The zero-order valence-corrected chi connectivity index (χ0v) is 12.4. The van der Waals surface area contributed by atoms with Gasteiger partial charge in [-0.25, -0.2) is 13.1 Å². The summed E-state index contributed by atoms with van der Waals surface area (Å²) in [7, 11) is -3.60. The van der Waals surface area contributed by atoms with Crippen LogP contribution in [0.5, 0.6) is 0 Å². The Balaban J connectivity index is 1.90. The highest BCUT2D eigenvalue weighted by Crippen LogP contribution is 2.17. The maximum absolute atomic E-state index is 12.1. The van der Waals surface area contributed by atoms with Gasteiger partial charge in [-0.3, -0.25) is 10.1 Å². The Hall–Kier alpha value is -1.51. The fraction of sp³-hybridized carbons (Fsp3) is 0.538. The van der Waals surface area contributed by atoms with E-state index in [0.29, 0.717) is 12.5 Å². The van der Waals surface area contributed by atoms with Gasteiger partial charge in [0.05, 0.1) is 9.82 Å². The Labute approximate surface area is 123 Å². The SMILES string of the molecule is O=[N+]([O-])c1ccc(S(=O)(=O)NCCC2CCCNC2)cc1. The number of non-ortho nitro benzene ring substituents is 1. The lowest BCUT2D eigenvalue weighted by Crippen LogP contribution is -2.33. The first-order valence-corrected chi connectivity index (χ1v) is 8.42. The highest BCUT2D eigenvalue weighted by Gasteiger charge is 2.17. The van der Waals surface area contributed by atoms with Crippen molar-refractivity contribution in [3.63, 3.8) is 0 Å². The standard InChI is InChI=1S/C13H19N3O4S/c17-16(18)12-3-5-13(6-4-12)21(19,20)15-9-7-11-2-1-8-14-10-11/h3-6,11,14-15H,1-2,7-10H2. The minimum Gasteiger partial charge on any atom is -0.316 e. The summed E-state index contributed by atoms with van der Waals surface area (Å²) in [6.07, 6.45) is 3.03. The van der Waals surface area contributed by atoms with E-state index < -0.39 is 14.9 Å².